The van der Waals surface area contributed by atoms with Crippen LogP contribution < -0.4 is 0 Å². The highest BCUT2D eigenvalue weighted by Crippen LogP contribution is 2.28. The molecule has 0 bridgehead atoms. The second-order valence-electron chi connectivity index (χ2n) is 5.17. The normalized spacial score (nSPS) is 13.6. The van der Waals surface area contributed by atoms with E-state index in [1.54, 1.807) is 12.3 Å². The topological polar surface area (TPSA) is 42.1 Å². The van der Waals surface area contributed by atoms with Gasteiger partial charge in [0, 0.05) is 22.7 Å². The average molecular weight is 298 g/mol. The third-order valence-corrected chi connectivity index (χ3v) is 4.21. The summed E-state index contributed by atoms with van der Waals surface area (Å²) in [5.41, 5.74) is 4.38. The molecule has 0 atom stereocenters. The number of halogens is 1. The standard InChI is InChI=1S/C17H12ClNO2/c18-15-3-1-2-13-14(7-19-16(13)15)17(20)10-4-5-11-8-21-9-12(11)6-10/h1-7,19H,8-9H2. The first-order valence-electron chi connectivity index (χ1n) is 6.74. The lowest BCUT2D eigenvalue weighted by Crippen LogP contribution is -2.01. The highest BCUT2D eigenvalue weighted by Gasteiger charge is 2.18. The summed E-state index contributed by atoms with van der Waals surface area (Å²) in [7, 11) is 0. The number of para-hydroxylation sites is 1. The van der Waals surface area contributed by atoms with E-state index in [1.807, 2.05) is 30.3 Å². The van der Waals surface area contributed by atoms with E-state index < -0.39 is 0 Å². The molecule has 1 aliphatic rings. The molecule has 2 heterocycles. The van der Waals surface area contributed by atoms with Crippen LogP contribution in [0.15, 0.2) is 42.6 Å². The second-order valence-corrected chi connectivity index (χ2v) is 5.58. The molecule has 1 aliphatic heterocycles. The van der Waals surface area contributed by atoms with Crippen LogP contribution in [0.2, 0.25) is 5.02 Å². The van der Waals surface area contributed by atoms with E-state index in [4.69, 9.17) is 16.3 Å². The SMILES string of the molecule is O=C(c1ccc2c(c1)COC2)c1c[nH]c2c(Cl)cccc12. The van der Waals surface area contributed by atoms with Crippen LogP contribution in [0.5, 0.6) is 0 Å². The minimum atomic E-state index is -0.00165. The number of rotatable bonds is 2. The Balaban J connectivity index is 1.82. The van der Waals surface area contributed by atoms with E-state index in [0.29, 0.717) is 29.4 Å². The summed E-state index contributed by atoms with van der Waals surface area (Å²) >= 11 is 6.14. The summed E-state index contributed by atoms with van der Waals surface area (Å²) in [6, 6.07) is 11.3. The Morgan fingerprint density at radius 3 is 2.90 bits per heavy atom. The van der Waals surface area contributed by atoms with Crippen molar-refractivity contribution in [2.24, 2.45) is 0 Å². The number of benzene rings is 2. The summed E-state index contributed by atoms with van der Waals surface area (Å²) in [6.07, 6.45) is 1.72. The Bertz CT molecular complexity index is 866. The van der Waals surface area contributed by atoms with Gasteiger partial charge in [-0.05, 0) is 23.3 Å². The molecule has 0 spiro atoms. The quantitative estimate of drug-likeness (QED) is 0.724. The van der Waals surface area contributed by atoms with E-state index in [9.17, 15) is 4.79 Å². The number of H-pyrrole nitrogens is 1. The molecule has 3 aromatic rings. The van der Waals surface area contributed by atoms with Crippen molar-refractivity contribution in [3.63, 3.8) is 0 Å². The van der Waals surface area contributed by atoms with Crippen LogP contribution >= 0.6 is 11.6 Å². The first kappa shape index (κ1) is 12.6. The van der Waals surface area contributed by atoms with Crippen molar-refractivity contribution in [2.45, 2.75) is 13.2 Å². The molecular formula is C17H12ClNO2. The Hall–Kier alpha value is -2.10. The number of aromatic amines is 1. The first-order valence-corrected chi connectivity index (χ1v) is 7.11. The maximum absolute atomic E-state index is 12.7. The average Bonchev–Trinajstić information content (AvgIpc) is 3.13. The summed E-state index contributed by atoms with van der Waals surface area (Å²) in [5, 5.41) is 1.47. The molecule has 0 saturated heterocycles. The van der Waals surface area contributed by atoms with Gasteiger partial charge in [0.1, 0.15) is 0 Å². The third kappa shape index (κ3) is 1.97. The number of hydrogen-bond acceptors (Lipinski definition) is 2. The van der Waals surface area contributed by atoms with Gasteiger partial charge in [-0.2, -0.15) is 0 Å². The molecule has 0 saturated carbocycles. The van der Waals surface area contributed by atoms with Crippen molar-refractivity contribution in [3.05, 3.63) is 69.9 Å². The van der Waals surface area contributed by atoms with Gasteiger partial charge in [-0.15, -0.1) is 0 Å². The van der Waals surface area contributed by atoms with Gasteiger partial charge < -0.3 is 9.72 Å². The van der Waals surface area contributed by atoms with E-state index in [-0.39, 0.29) is 5.78 Å². The van der Waals surface area contributed by atoms with Crippen molar-refractivity contribution >= 4 is 28.3 Å². The molecule has 0 fully saturated rings. The summed E-state index contributed by atoms with van der Waals surface area (Å²) < 4.78 is 5.39. The van der Waals surface area contributed by atoms with Gasteiger partial charge in [-0.3, -0.25) is 4.79 Å². The van der Waals surface area contributed by atoms with Crippen molar-refractivity contribution in [1.82, 2.24) is 4.98 Å². The summed E-state index contributed by atoms with van der Waals surface area (Å²) in [6.45, 7) is 1.21. The minimum absolute atomic E-state index is 0.00165. The van der Waals surface area contributed by atoms with Gasteiger partial charge in [0.25, 0.3) is 0 Å². The number of hydrogen-bond donors (Lipinski definition) is 1. The zero-order valence-electron chi connectivity index (χ0n) is 11.2. The largest absolute Gasteiger partial charge is 0.372 e. The monoisotopic (exact) mass is 297 g/mol. The summed E-state index contributed by atoms with van der Waals surface area (Å²) in [4.78, 5) is 15.8. The van der Waals surface area contributed by atoms with Crippen LogP contribution in [0.1, 0.15) is 27.0 Å². The van der Waals surface area contributed by atoms with Crippen molar-refractivity contribution in [3.8, 4) is 0 Å². The van der Waals surface area contributed by atoms with Crippen LogP contribution in [0, 0.1) is 0 Å². The zero-order chi connectivity index (χ0) is 14.4. The van der Waals surface area contributed by atoms with Crippen molar-refractivity contribution < 1.29 is 9.53 Å². The van der Waals surface area contributed by atoms with Crippen LogP contribution in [-0.2, 0) is 18.0 Å². The third-order valence-electron chi connectivity index (χ3n) is 3.89. The lowest BCUT2D eigenvalue weighted by molar-refractivity contribution is 0.104. The van der Waals surface area contributed by atoms with Crippen LogP contribution in [0.4, 0.5) is 0 Å². The number of carbonyl (C=O) groups excluding carboxylic acids is 1. The Morgan fingerprint density at radius 2 is 2.00 bits per heavy atom. The smallest absolute Gasteiger partial charge is 0.195 e. The Morgan fingerprint density at radius 1 is 1.14 bits per heavy atom. The second kappa shape index (κ2) is 4.72. The highest BCUT2D eigenvalue weighted by atomic mass is 35.5. The Labute approximate surface area is 126 Å². The number of carbonyl (C=O) groups is 1. The molecule has 3 nitrogen and oxygen atoms in total. The van der Waals surface area contributed by atoms with Gasteiger partial charge in [-0.25, -0.2) is 0 Å². The first-order chi connectivity index (χ1) is 10.2. The molecular weight excluding hydrogens is 286 g/mol. The molecule has 1 aromatic heterocycles. The lowest BCUT2D eigenvalue weighted by atomic mass is 9.99. The van der Waals surface area contributed by atoms with Gasteiger partial charge in [0.2, 0.25) is 0 Å². The summed E-state index contributed by atoms with van der Waals surface area (Å²) in [5.74, 6) is -0.00165. The predicted octanol–water partition coefficient (Wildman–Crippen LogP) is 4.08. The molecule has 21 heavy (non-hydrogen) atoms. The maximum Gasteiger partial charge on any atom is 0.195 e. The number of ether oxygens (including phenoxy) is 1. The fourth-order valence-electron chi connectivity index (χ4n) is 2.77. The molecule has 2 aromatic carbocycles. The molecule has 4 heteroatoms. The Kier molecular flexibility index (Phi) is 2.84. The van der Waals surface area contributed by atoms with Crippen LogP contribution in [0.25, 0.3) is 10.9 Å². The molecule has 104 valence electrons. The van der Waals surface area contributed by atoms with E-state index in [1.165, 1.54) is 0 Å². The number of nitrogens with one attached hydrogen (secondary N) is 1. The van der Waals surface area contributed by atoms with Crippen molar-refractivity contribution in [1.29, 1.82) is 0 Å². The van der Waals surface area contributed by atoms with E-state index in [2.05, 4.69) is 4.98 Å². The lowest BCUT2D eigenvalue weighted by Gasteiger charge is -2.03. The van der Waals surface area contributed by atoms with Crippen LogP contribution in [-0.4, -0.2) is 10.8 Å². The molecule has 0 unspecified atom stereocenters. The molecule has 4 rings (SSSR count). The van der Waals surface area contributed by atoms with Gasteiger partial charge >= 0.3 is 0 Å². The van der Waals surface area contributed by atoms with E-state index in [0.717, 1.165) is 22.0 Å². The maximum atomic E-state index is 12.7. The fourth-order valence-corrected chi connectivity index (χ4v) is 3.00. The molecule has 0 radical (unpaired) electrons. The van der Waals surface area contributed by atoms with Gasteiger partial charge in [-0.1, -0.05) is 35.9 Å². The predicted molar refractivity (Wildman–Crippen MR) is 81.7 cm³/mol. The van der Waals surface area contributed by atoms with Crippen LogP contribution in [0.3, 0.4) is 0 Å². The fraction of sp³-hybridized carbons (Fsp3) is 0.118. The van der Waals surface area contributed by atoms with E-state index >= 15 is 0 Å². The molecule has 0 amide bonds. The minimum Gasteiger partial charge on any atom is -0.372 e. The number of ketones is 1. The molecule has 0 aliphatic carbocycles. The van der Waals surface area contributed by atoms with Gasteiger partial charge in [0.05, 0.1) is 23.8 Å². The van der Waals surface area contributed by atoms with Gasteiger partial charge in [0.15, 0.2) is 5.78 Å². The highest BCUT2D eigenvalue weighted by molar-refractivity contribution is 6.35. The number of aromatic nitrogens is 1. The molecule has 1 N–H and O–H groups in total. The number of fused-ring (bicyclic) bond motifs is 2. The zero-order valence-corrected chi connectivity index (χ0v) is 11.9. The van der Waals surface area contributed by atoms with Crippen molar-refractivity contribution in [2.75, 3.05) is 0 Å².